The van der Waals surface area contributed by atoms with Gasteiger partial charge in [0.15, 0.2) is 0 Å². The summed E-state index contributed by atoms with van der Waals surface area (Å²) < 4.78 is 2.10. The average Bonchev–Trinajstić information content (AvgIpc) is 2.37. The van der Waals surface area contributed by atoms with Gasteiger partial charge in [-0.1, -0.05) is 0 Å². The van der Waals surface area contributed by atoms with Crippen LogP contribution < -0.4 is 11.2 Å². The largest absolute Gasteiger partial charge is 0.325 e. The Bertz CT molecular complexity index is 527. The zero-order valence-corrected chi connectivity index (χ0v) is 11.2. The number of hydrogen-bond acceptors (Lipinski definition) is 3. The fourth-order valence-electron chi connectivity index (χ4n) is 5.20. The summed E-state index contributed by atoms with van der Waals surface area (Å²) in [5.41, 5.74) is 6.31. The van der Waals surface area contributed by atoms with Crippen molar-refractivity contribution in [2.24, 2.45) is 23.5 Å². The predicted molar refractivity (Wildman–Crippen MR) is 72.5 cm³/mol. The fraction of sp³-hybridized carbons (Fsp3) is 0.733. The number of rotatable bonds is 2. The molecule has 102 valence electrons. The van der Waals surface area contributed by atoms with Crippen molar-refractivity contribution in [2.75, 3.05) is 0 Å². The summed E-state index contributed by atoms with van der Waals surface area (Å²) in [6, 6.07) is 1.65. The second kappa shape index (κ2) is 3.92. The molecule has 0 aliphatic heterocycles. The fourth-order valence-corrected chi connectivity index (χ4v) is 5.20. The molecule has 4 bridgehead atoms. The van der Waals surface area contributed by atoms with E-state index in [-0.39, 0.29) is 17.5 Å². The third kappa shape index (κ3) is 1.69. The van der Waals surface area contributed by atoms with E-state index in [0.717, 1.165) is 17.8 Å². The molecule has 0 radical (unpaired) electrons. The maximum absolute atomic E-state index is 11.7. The van der Waals surface area contributed by atoms with Crippen molar-refractivity contribution < 1.29 is 0 Å². The minimum absolute atomic E-state index is 0.0246. The van der Waals surface area contributed by atoms with Crippen molar-refractivity contribution in [2.45, 2.75) is 50.6 Å². The Morgan fingerprint density at radius 2 is 1.79 bits per heavy atom. The average molecular weight is 259 g/mol. The van der Waals surface area contributed by atoms with E-state index >= 15 is 0 Å². The summed E-state index contributed by atoms with van der Waals surface area (Å²) in [6.07, 6.45) is 9.90. The lowest BCUT2D eigenvalue weighted by atomic mass is 9.53. The minimum Gasteiger partial charge on any atom is -0.325 e. The molecule has 4 fully saturated rings. The SMILES string of the molecule is NCc1nn(C23CC4CC(CC(C4)C2)C3)ccc1=O. The molecule has 4 aliphatic rings. The van der Waals surface area contributed by atoms with Crippen LogP contribution in [0, 0.1) is 17.8 Å². The summed E-state index contributed by atoms with van der Waals surface area (Å²) in [7, 11) is 0. The molecule has 0 unspecified atom stereocenters. The highest BCUT2D eigenvalue weighted by atomic mass is 16.1. The van der Waals surface area contributed by atoms with Crippen LogP contribution in [0.1, 0.15) is 44.2 Å². The Hall–Kier alpha value is -1.16. The third-order valence-corrected chi connectivity index (χ3v) is 5.57. The van der Waals surface area contributed by atoms with E-state index in [1.165, 1.54) is 38.5 Å². The van der Waals surface area contributed by atoms with Crippen molar-refractivity contribution in [3.05, 3.63) is 28.2 Å². The molecule has 1 heterocycles. The number of aromatic nitrogens is 2. The van der Waals surface area contributed by atoms with Gasteiger partial charge in [0.1, 0.15) is 5.69 Å². The van der Waals surface area contributed by atoms with Crippen molar-refractivity contribution in [3.63, 3.8) is 0 Å². The lowest BCUT2D eigenvalue weighted by molar-refractivity contribution is -0.0504. The van der Waals surface area contributed by atoms with Crippen LogP contribution in [0.15, 0.2) is 17.1 Å². The second-order valence-electron chi connectivity index (χ2n) is 6.92. The maximum Gasteiger partial charge on any atom is 0.204 e. The molecule has 1 aromatic rings. The highest BCUT2D eigenvalue weighted by molar-refractivity contribution is 5.08. The number of nitrogens with two attached hydrogens (primary N) is 1. The Morgan fingerprint density at radius 1 is 1.21 bits per heavy atom. The summed E-state index contributed by atoms with van der Waals surface area (Å²) in [5, 5.41) is 4.56. The van der Waals surface area contributed by atoms with Crippen molar-refractivity contribution >= 4 is 0 Å². The maximum atomic E-state index is 11.7. The van der Waals surface area contributed by atoms with Gasteiger partial charge in [-0.25, -0.2) is 0 Å². The molecule has 0 atom stereocenters. The lowest BCUT2D eigenvalue weighted by Crippen LogP contribution is -2.52. The summed E-state index contributed by atoms with van der Waals surface area (Å²) in [4.78, 5) is 11.7. The first kappa shape index (κ1) is 11.6. The molecule has 5 rings (SSSR count). The van der Waals surface area contributed by atoms with Gasteiger partial charge < -0.3 is 5.73 Å². The predicted octanol–water partition coefficient (Wildman–Crippen LogP) is 1.63. The summed E-state index contributed by atoms with van der Waals surface area (Å²) >= 11 is 0. The molecule has 2 N–H and O–H groups in total. The van der Waals surface area contributed by atoms with Gasteiger partial charge in [-0.15, -0.1) is 0 Å². The monoisotopic (exact) mass is 259 g/mol. The molecule has 4 saturated carbocycles. The molecule has 1 aromatic heterocycles. The zero-order valence-electron chi connectivity index (χ0n) is 11.2. The van der Waals surface area contributed by atoms with Gasteiger partial charge in [0.2, 0.25) is 5.43 Å². The first-order valence-electron chi connectivity index (χ1n) is 7.48. The molecule has 4 aliphatic carbocycles. The molecule has 0 aromatic carbocycles. The first-order chi connectivity index (χ1) is 9.18. The van der Waals surface area contributed by atoms with E-state index < -0.39 is 0 Å². The highest BCUT2D eigenvalue weighted by Gasteiger charge is 2.52. The normalized spacial score (nSPS) is 39.7. The van der Waals surface area contributed by atoms with Gasteiger partial charge in [0.05, 0.1) is 5.54 Å². The van der Waals surface area contributed by atoms with Gasteiger partial charge >= 0.3 is 0 Å². The number of nitrogens with zero attached hydrogens (tertiary/aromatic N) is 2. The van der Waals surface area contributed by atoms with Crippen molar-refractivity contribution in [1.82, 2.24) is 9.78 Å². The molecular formula is C15H21N3O. The van der Waals surface area contributed by atoms with Crippen LogP contribution >= 0.6 is 0 Å². The van der Waals surface area contributed by atoms with E-state index in [2.05, 4.69) is 9.78 Å². The van der Waals surface area contributed by atoms with E-state index in [0.29, 0.717) is 5.69 Å². The Morgan fingerprint density at radius 3 is 2.32 bits per heavy atom. The van der Waals surface area contributed by atoms with Crippen LogP contribution in [0.3, 0.4) is 0 Å². The van der Waals surface area contributed by atoms with E-state index in [9.17, 15) is 4.79 Å². The molecule has 4 heteroatoms. The Labute approximate surface area is 113 Å². The van der Waals surface area contributed by atoms with Gasteiger partial charge in [-0.2, -0.15) is 5.10 Å². The molecular weight excluding hydrogens is 238 g/mol. The zero-order chi connectivity index (χ0) is 13.0. The van der Waals surface area contributed by atoms with Crippen LogP contribution in [0.2, 0.25) is 0 Å². The molecule has 0 spiro atoms. The summed E-state index contributed by atoms with van der Waals surface area (Å²) in [6.45, 7) is 0.242. The van der Waals surface area contributed by atoms with Crippen molar-refractivity contribution in [3.8, 4) is 0 Å². The summed E-state index contributed by atoms with van der Waals surface area (Å²) in [5.74, 6) is 2.65. The van der Waals surface area contributed by atoms with Gasteiger partial charge in [0.25, 0.3) is 0 Å². The van der Waals surface area contributed by atoms with Gasteiger partial charge in [-0.05, 0) is 56.3 Å². The van der Waals surface area contributed by atoms with E-state index in [1.807, 2.05) is 6.20 Å². The van der Waals surface area contributed by atoms with Gasteiger partial charge in [-0.3, -0.25) is 9.48 Å². The van der Waals surface area contributed by atoms with Crippen LogP contribution in [0.4, 0.5) is 0 Å². The van der Waals surface area contributed by atoms with Crippen molar-refractivity contribution in [1.29, 1.82) is 0 Å². The highest BCUT2D eigenvalue weighted by Crippen LogP contribution is 2.58. The lowest BCUT2D eigenvalue weighted by Gasteiger charge is -2.56. The van der Waals surface area contributed by atoms with Gasteiger partial charge in [0, 0.05) is 18.8 Å². The minimum atomic E-state index is -0.0246. The second-order valence-corrected chi connectivity index (χ2v) is 6.92. The standard InChI is InChI=1S/C15H21N3O/c16-9-13-14(19)1-2-18(17-13)15-6-10-3-11(7-15)5-12(4-10)8-15/h1-2,10-12H,3-9,16H2. The first-order valence-corrected chi connectivity index (χ1v) is 7.48. The molecule has 0 saturated heterocycles. The van der Waals surface area contributed by atoms with Crippen LogP contribution in [0.25, 0.3) is 0 Å². The third-order valence-electron chi connectivity index (χ3n) is 5.57. The smallest absolute Gasteiger partial charge is 0.204 e. The Balaban J connectivity index is 1.77. The molecule has 4 nitrogen and oxygen atoms in total. The molecule has 0 amide bonds. The topological polar surface area (TPSA) is 60.9 Å². The van der Waals surface area contributed by atoms with Crippen LogP contribution in [-0.2, 0) is 12.1 Å². The van der Waals surface area contributed by atoms with Crippen LogP contribution in [0.5, 0.6) is 0 Å². The van der Waals surface area contributed by atoms with E-state index in [1.54, 1.807) is 6.07 Å². The van der Waals surface area contributed by atoms with E-state index in [4.69, 9.17) is 5.73 Å². The Kier molecular flexibility index (Phi) is 2.40. The quantitative estimate of drug-likeness (QED) is 0.878. The molecule has 19 heavy (non-hydrogen) atoms. The number of hydrogen-bond donors (Lipinski definition) is 1. The van der Waals surface area contributed by atoms with Crippen LogP contribution in [-0.4, -0.2) is 9.78 Å².